The molecule has 2 aromatic heterocycles. The third-order valence-electron chi connectivity index (χ3n) is 3.23. The summed E-state index contributed by atoms with van der Waals surface area (Å²) in [7, 11) is 0. The zero-order valence-electron chi connectivity index (χ0n) is 10.8. The van der Waals surface area contributed by atoms with E-state index in [2.05, 4.69) is 10.6 Å². The highest BCUT2D eigenvalue weighted by Gasteiger charge is 2.17. The number of carbonyl (C=O) groups excluding carboxylic acids is 2. The number of hydrogen-bond donors (Lipinski definition) is 2. The molecule has 1 fully saturated rings. The van der Waals surface area contributed by atoms with Gasteiger partial charge in [-0.2, -0.15) is 0 Å². The summed E-state index contributed by atoms with van der Waals surface area (Å²) in [5.41, 5.74) is 0. The highest BCUT2D eigenvalue weighted by Crippen LogP contribution is 2.29. The molecule has 0 spiro atoms. The van der Waals surface area contributed by atoms with Crippen molar-refractivity contribution in [3.8, 4) is 0 Å². The van der Waals surface area contributed by atoms with Crippen LogP contribution in [-0.4, -0.2) is 49.4 Å². The molecule has 1 aliphatic rings. The van der Waals surface area contributed by atoms with Crippen molar-refractivity contribution in [2.24, 2.45) is 0 Å². The predicted octanol–water partition coefficient (Wildman–Crippen LogP) is 1.12. The molecular weight excluding hydrogens is 294 g/mol. The lowest BCUT2D eigenvalue weighted by Gasteiger charge is -2.27. The molecule has 5 nitrogen and oxygen atoms in total. The molecule has 20 heavy (non-hydrogen) atoms. The zero-order chi connectivity index (χ0) is 13.9. The van der Waals surface area contributed by atoms with Gasteiger partial charge in [-0.15, -0.1) is 22.7 Å². The maximum atomic E-state index is 12.0. The molecular formula is C13H15N3O2S2. The number of piperazine rings is 1. The van der Waals surface area contributed by atoms with E-state index in [-0.39, 0.29) is 18.4 Å². The second-order valence-electron chi connectivity index (χ2n) is 4.57. The van der Waals surface area contributed by atoms with E-state index in [9.17, 15) is 9.59 Å². The lowest BCUT2D eigenvalue weighted by molar-refractivity contribution is -0.130. The lowest BCUT2D eigenvalue weighted by Crippen LogP contribution is -2.49. The van der Waals surface area contributed by atoms with E-state index in [1.807, 2.05) is 17.5 Å². The fourth-order valence-electron chi connectivity index (χ4n) is 2.15. The minimum atomic E-state index is -0.165. The molecule has 0 aliphatic carbocycles. The first-order valence-corrected chi connectivity index (χ1v) is 8.17. The van der Waals surface area contributed by atoms with Gasteiger partial charge in [0.2, 0.25) is 5.91 Å². The fraction of sp³-hybridized carbons (Fsp3) is 0.385. The topological polar surface area (TPSA) is 61.4 Å². The van der Waals surface area contributed by atoms with Gasteiger partial charge in [0.05, 0.1) is 11.4 Å². The minimum absolute atomic E-state index is 0.0155. The normalized spacial score (nSPS) is 15.5. The molecule has 0 atom stereocenters. The Balaban J connectivity index is 1.56. The van der Waals surface area contributed by atoms with Crippen LogP contribution >= 0.6 is 22.7 Å². The first-order valence-electron chi connectivity index (χ1n) is 6.48. The second kappa shape index (κ2) is 5.90. The van der Waals surface area contributed by atoms with Crippen LogP contribution in [0.2, 0.25) is 0 Å². The third-order valence-corrected chi connectivity index (χ3v) is 5.33. The molecule has 7 heteroatoms. The Morgan fingerprint density at radius 2 is 2.10 bits per heavy atom. The van der Waals surface area contributed by atoms with E-state index in [0.717, 1.165) is 22.5 Å². The monoisotopic (exact) mass is 309 g/mol. The highest BCUT2D eigenvalue weighted by atomic mass is 32.1. The molecule has 0 bridgehead atoms. The number of nitrogens with one attached hydrogen (secondary N) is 2. The zero-order valence-corrected chi connectivity index (χ0v) is 12.5. The molecule has 106 valence electrons. The van der Waals surface area contributed by atoms with Gasteiger partial charge in [0.15, 0.2) is 0 Å². The van der Waals surface area contributed by atoms with E-state index in [0.29, 0.717) is 18.0 Å². The maximum Gasteiger partial charge on any atom is 0.261 e. The number of thiophene rings is 2. The predicted molar refractivity (Wildman–Crippen MR) is 81.5 cm³/mol. The average Bonchev–Trinajstić information content (AvgIpc) is 3.06. The number of fused-ring (bicyclic) bond motifs is 1. The molecule has 0 saturated carbocycles. The van der Waals surface area contributed by atoms with Crippen LogP contribution in [0.4, 0.5) is 0 Å². The SMILES string of the molecule is O=C(NCC(=O)N1CCNCC1)c1cc2sccc2s1. The first-order chi connectivity index (χ1) is 9.74. The van der Waals surface area contributed by atoms with Gasteiger partial charge in [-0.1, -0.05) is 0 Å². The Bertz CT molecular complexity index is 600. The van der Waals surface area contributed by atoms with Crippen molar-refractivity contribution in [2.75, 3.05) is 32.7 Å². The van der Waals surface area contributed by atoms with Gasteiger partial charge in [-0.3, -0.25) is 9.59 Å². The number of carbonyl (C=O) groups is 2. The molecule has 1 aliphatic heterocycles. The minimum Gasteiger partial charge on any atom is -0.342 e. The van der Waals surface area contributed by atoms with Crippen molar-refractivity contribution in [3.05, 3.63) is 22.4 Å². The lowest BCUT2D eigenvalue weighted by atomic mass is 10.3. The quantitative estimate of drug-likeness (QED) is 0.893. The van der Waals surface area contributed by atoms with Crippen LogP contribution < -0.4 is 10.6 Å². The maximum absolute atomic E-state index is 12.0. The fourth-order valence-corrected chi connectivity index (χ4v) is 4.17. The van der Waals surface area contributed by atoms with E-state index in [4.69, 9.17) is 0 Å². The summed E-state index contributed by atoms with van der Waals surface area (Å²) in [6.07, 6.45) is 0. The van der Waals surface area contributed by atoms with E-state index >= 15 is 0 Å². The van der Waals surface area contributed by atoms with Crippen LogP contribution in [0.15, 0.2) is 17.5 Å². The van der Waals surface area contributed by atoms with Crippen molar-refractivity contribution in [1.29, 1.82) is 0 Å². The van der Waals surface area contributed by atoms with E-state index in [1.54, 1.807) is 16.2 Å². The van der Waals surface area contributed by atoms with Gasteiger partial charge in [0, 0.05) is 35.6 Å². The summed E-state index contributed by atoms with van der Waals surface area (Å²) >= 11 is 3.08. The summed E-state index contributed by atoms with van der Waals surface area (Å²) in [6, 6.07) is 3.89. The summed E-state index contributed by atoms with van der Waals surface area (Å²) in [4.78, 5) is 26.4. The summed E-state index contributed by atoms with van der Waals surface area (Å²) in [5, 5.41) is 7.92. The van der Waals surface area contributed by atoms with Gasteiger partial charge >= 0.3 is 0 Å². The van der Waals surface area contributed by atoms with Crippen molar-refractivity contribution in [1.82, 2.24) is 15.5 Å². The smallest absolute Gasteiger partial charge is 0.261 e. The van der Waals surface area contributed by atoms with Gasteiger partial charge < -0.3 is 15.5 Å². The van der Waals surface area contributed by atoms with Crippen molar-refractivity contribution in [2.45, 2.75) is 0 Å². The summed E-state index contributed by atoms with van der Waals surface area (Å²) in [6.45, 7) is 3.14. The van der Waals surface area contributed by atoms with Crippen LogP contribution in [0.1, 0.15) is 9.67 Å². The van der Waals surface area contributed by atoms with Gasteiger partial charge in [-0.25, -0.2) is 0 Å². The second-order valence-corrected chi connectivity index (χ2v) is 6.60. The van der Waals surface area contributed by atoms with Crippen LogP contribution in [0, 0.1) is 0 Å². The van der Waals surface area contributed by atoms with Crippen molar-refractivity contribution >= 4 is 43.9 Å². The van der Waals surface area contributed by atoms with Crippen molar-refractivity contribution in [3.63, 3.8) is 0 Å². The van der Waals surface area contributed by atoms with Crippen LogP contribution in [0.25, 0.3) is 9.40 Å². The number of nitrogens with zero attached hydrogens (tertiary/aromatic N) is 1. The molecule has 2 aromatic rings. The molecule has 0 radical (unpaired) electrons. The highest BCUT2D eigenvalue weighted by molar-refractivity contribution is 7.27. The van der Waals surface area contributed by atoms with Crippen LogP contribution in [0.5, 0.6) is 0 Å². The van der Waals surface area contributed by atoms with Crippen molar-refractivity contribution < 1.29 is 9.59 Å². The standard InChI is InChI=1S/C13H15N3O2S2/c17-12(16-4-2-14-3-5-16)8-15-13(18)11-7-10-9(20-11)1-6-19-10/h1,6-7,14H,2-5,8H2,(H,15,18). The number of hydrogen-bond acceptors (Lipinski definition) is 5. The Morgan fingerprint density at radius 1 is 1.30 bits per heavy atom. The van der Waals surface area contributed by atoms with Gasteiger partial charge in [-0.05, 0) is 17.5 Å². The first kappa shape index (κ1) is 13.5. The summed E-state index contributed by atoms with van der Waals surface area (Å²) in [5.74, 6) is -0.180. The molecule has 2 N–H and O–H groups in total. The number of rotatable bonds is 3. The largest absolute Gasteiger partial charge is 0.342 e. The van der Waals surface area contributed by atoms with E-state index < -0.39 is 0 Å². The van der Waals surface area contributed by atoms with Gasteiger partial charge in [0.1, 0.15) is 0 Å². The molecule has 3 heterocycles. The Labute approximate surface area is 124 Å². The molecule has 2 amide bonds. The van der Waals surface area contributed by atoms with E-state index in [1.165, 1.54) is 11.3 Å². The Morgan fingerprint density at radius 3 is 2.85 bits per heavy atom. The molecule has 0 aromatic carbocycles. The number of amides is 2. The average molecular weight is 309 g/mol. The molecule has 0 unspecified atom stereocenters. The van der Waals surface area contributed by atoms with Crippen LogP contribution in [-0.2, 0) is 4.79 Å². The molecule has 3 rings (SSSR count). The Kier molecular flexibility index (Phi) is 4.00. The van der Waals surface area contributed by atoms with Gasteiger partial charge in [0.25, 0.3) is 5.91 Å². The molecule has 1 saturated heterocycles. The summed E-state index contributed by atoms with van der Waals surface area (Å²) < 4.78 is 2.24. The Hall–Kier alpha value is -1.44. The third kappa shape index (κ3) is 2.84. The van der Waals surface area contributed by atoms with Crippen LogP contribution in [0.3, 0.4) is 0 Å².